The lowest BCUT2D eigenvalue weighted by Gasteiger charge is -2.40. The number of nitrogens with zero attached hydrogens (tertiary/aromatic N) is 1. The molecule has 1 aliphatic heterocycles. The summed E-state index contributed by atoms with van der Waals surface area (Å²) in [5.41, 5.74) is 1.88. The average molecular weight is 531 g/mol. The zero-order valence-corrected chi connectivity index (χ0v) is 21.2. The van der Waals surface area contributed by atoms with Crippen LogP contribution in [0.2, 0.25) is 10.0 Å². The van der Waals surface area contributed by atoms with Crippen LogP contribution in [0, 0.1) is 0 Å². The number of aliphatic hydroxyl groups is 2. The molecule has 0 spiro atoms. The van der Waals surface area contributed by atoms with Crippen molar-refractivity contribution < 1.29 is 24.5 Å². The maximum Gasteiger partial charge on any atom is 0.247 e. The van der Waals surface area contributed by atoms with Gasteiger partial charge in [0.05, 0.1) is 28.6 Å². The Hall–Kier alpha value is -2.84. The number of halogens is 2. The summed E-state index contributed by atoms with van der Waals surface area (Å²) in [6.07, 6.45) is 3.61. The molecule has 36 heavy (non-hydrogen) atoms. The minimum Gasteiger partial charge on any atom is -0.486 e. The highest BCUT2D eigenvalue weighted by Gasteiger charge is 2.50. The van der Waals surface area contributed by atoms with Crippen molar-refractivity contribution in [1.82, 2.24) is 10.2 Å². The smallest absolute Gasteiger partial charge is 0.247 e. The van der Waals surface area contributed by atoms with Crippen molar-refractivity contribution in [1.29, 1.82) is 0 Å². The fraction of sp³-hybridized carbons (Fsp3) is 0.333. The lowest BCUT2D eigenvalue weighted by Crippen LogP contribution is -2.55. The standard InChI is InChI=1S/C27H28Cl2N2O5/c1-2-3-8-23(33)31(15-16-9-10-19(28)20(29)13-16)21-14-18(27(35)30-11-12-32)24-17-6-4-5-7-22(17)36-26(24)25(21)34/h3-10,13-14,21,24-26,32,34H,2,11-12,15H2,1H3,(H,30,35)/t21-,24+,25+,26+/m1/s1. The third kappa shape index (κ3) is 5.30. The molecule has 1 aliphatic carbocycles. The molecule has 0 saturated carbocycles. The van der Waals surface area contributed by atoms with E-state index in [2.05, 4.69) is 5.32 Å². The maximum absolute atomic E-state index is 13.3. The monoisotopic (exact) mass is 530 g/mol. The van der Waals surface area contributed by atoms with Crippen molar-refractivity contribution in [2.24, 2.45) is 0 Å². The lowest BCUT2D eigenvalue weighted by atomic mass is 9.77. The highest BCUT2D eigenvalue weighted by molar-refractivity contribution is 6.42. The summed E-state index contributed by atoms with van der Waals surface area (Å²) in [4.78, 5) is 28.0. The summed E-state index contributed by atoms with van der Waals surface area (Å²) in [5, 5.41) is 24.2. The molecule has 190 valence electrons. The molecular formula is C27H28Cl2N2O5. The number of nitrogens with one attached hydrogen (secondary N) is 1. The first-order chi connectivity index (χ1) is 17.3. The summed E-state index contributed by atoms with van der Waals surface area (Å²) < 4.78 is 6.12. The van der Waals surface area contributed by atoms with E-state index >= 15 is 0 Å². The largest absolute Gasteiger partial charge is 0.486 e. The Morgan fingerprint density at radius 3 is 2.67 bits per heavy atom. The van der Waals surface area contributed by atoms with Gasteiger partial charge in [0.2, 0.25) is 11.8 Å². The predicted octanol–water partition coefficient (Wildman–Crippen LogP) is 3.61. The Bertz CT molecular complexity index is 1200. The molecule has 4 atom stereocenters. The van der Waals surface area contributed by atoms with Gasteiger partial charge in [-0.25, -0.2) is 0 Å². The first kappa shape index (κ1) is 26.2. The second-order valence-corrected chi connectivity index (χ2v) is 9.52. The van der Waals surface area contributed by atoms with Gasteiger partial charge < -0.3 is 25.2 Å². The molecule has 4 rings (SSSR count). The Morgan fingerprint density at radius 1 is 1.17 bits per heavy atom. The fourth-order valence-corrected chi connectivity index (χ4v) is 4.99. The topological polar surface area (TPSA) is 99.1 Å². The molecular weight excluding hydrogens is 503 g/mol. The van der Waals surface area contributed by atoms with Gasteiger partial charge in [-0.3, -0.25) is 9.59 Å². The molecule has 9 heteroatoms. The van der Waals surface area contributed by atoms with Gasteiger partial charge in [0.15, 0.2) is 0 Å². The molecule has 2 aromatic rings. The summed E-state index contributed by atoms with van der Waals surface area (Å²) in [6, 6.07) is 11.6. The predicted molar refractivity (Wildman–Crippen MR) is 138 cm³/mol. The molecule has 0 fully saturated rings. The van der Waals surface area contributed by atoms with Gasteiger partial charge in [0.25, 0.3) is 0 Å². The zero-order valence-electron chi connectivity index (χ0n) is 19.7. The second-order valence-electron chi connectivity index (χ2n) is 8.71. The third-order valence-electron chi connectivity index (χ3n) is 6.35. The molecule has 2 amide bonds. The summed E-state index contributed by atoms with van der Waals surface area (Å²) in [7, 11) is 0. The van der Waals surface area contributed by atoms with E-state index < -0.39 is 24.2 Å². The van der Waals surface area contributed by atoms with Crippen LogP contribution in [0.15, 0.2) is 66.3 Å². The number of carbonyl (C=O) groups excluding carboxylic acids is 2. The number of aliphatic hydroxyl groups excluding tert-OH is 2. The van der Waals surface area contributed by atoms with Crippen LogP contribution in [-0.2, 0) is 16.1 Å². The number of fused-ring (bicyclic) bond motifs is 3. The molecule has 3 N–H and O–H groups in total. The van der Waals surface area contributed by atoms with E-state index in [1.165, 1.54) is 11.0 Å². The SMILES string of the molecule is CCC=CC(=O)N(Cc1ccc(Cl)c(Cl)c1)[C@@H]1C=C(C(=O)NCCO)[C@@H]2c3ccccc3O[C@@H]2[C@H]1O. The van der Waals surface area contributed by atoms with Crippen LogP contribution >= 0.6 is 23.2 Å². The minimum absolute atomic E-state index is 0.0778. The molecule has 1 heterocycles. The van der Waals surface area contributed by atoms with E-state index in [1.54, 1.807) is 36.4 Å². The highest BCUT2D eigenvalue weighted by atomic mass is 35.5. The first-order valence-corrected chi connectivity index (χ1v) is 12.6. The summed E-state index contributed by atoms with van der Waals surface area (Å²) >= 11 is 12.3. The van der Waals surface area contributed by atoms with Crippen LogP contribution in [0.1, 0.15) is 30.4 Å². The van der Waals surface area contributed by atoms with Gasteiger partial charge in [-0.15, -0.1) is 0 Å². The molecule has 7 nitrogen and oxygen atoms in total. The number of rotatable bonds is 8. The molecule has 0 radical (unpaired) electrons. The number of allylic oxidation sites excluding steroid dienone is 1. The normalized spacial score (nSPS) is 22.4. The van der Waals surface area contributed by atoms with Gasteiger partial charge >= 0.3 is 0 Å². The molecule has 0 bridgehead atoms. The number of amides is 2. The van der Waals surface area contributed by atoms with Gasteiger partial charge in [0, 0.05) is 24.2 Å². The first-order valence-electron chi connectivity index (χ1n) is 11.8. The Morgan fingerprint density at radius 2 is 1.94 bits per heavy atom. The van der Waals surface area contributed by atoms with Crippen LogP contribution in [0.25, 0.3) is 0 Å². The van der Waals surface area contributed by atoms with Crippen molar-refractivity contribution in [2.75, 3.05) is 13.2 Å². The maximum atomic E-state index is 13.3. The van der Waals surface area contributed by atoms with Gasteiger partial charge in [-0.1, -0.05) is 60.5 Å². The van der Waals surface area contributed by atoms with E-state index in [-0.39, 0.29) is 31.5 Å². The molecule has 0 unspecified atom stereocenters. The van der Waals surface area contributed by atoms with E-state index in [0.717, 1.165) is 5.56 Å². The summed E-state index contributed by atoms with van der Waals surface area (Å²) in [5.74, 6) is -0.643. The highest BCUT2D eigenvalue weighted by Crippen LogP contribution is 2.47. The van der Waals surface area contributed by atoms with Crippen molar-refractivity contribution in [3.8, 4) is 5.75 Å². The van der Waals surface area contributed by atoms with Gasteiger partial charge in [-0.2, -0.15) is 0 Å². The van der Waals surface area contributed by atoms with Gasteiger partial charge in [0.1, 0.15) is 18.0 Å². The minimum atomic E-state index is -1.11. The van der Waals surface area contributed by atoms with Crippen LogP contribution in [-0.4, -0.2) is 58.3 Å². The van der Waals surface area contributed by atoms with E-state index in [0.29, 0.717) is 33.4 Å². The van der Waals surface area contributed by atoms with Crippen LogP contribution in [0.4, 0.5) is 0 Å². The number of benzene rings is 2. The summed E-state index contributed by atoms with van der Waals surface area (Å²) in [6.45, 7) is 1.91. The molecule has 2 aliphatic rings. The molecule has 2 aromatic carbocycles. The molecule has 0 saturated heterocycles. The van der Waals surface area contributed by atoms with Crippen LogP contribution < -0.4 is 10.1 Å². The van der Waals surface area contributed by atoms with Crippen LogP contribution in [0.5, 0.6) is 5.75 Å². The average Bonchev–Trinajstić information content (AvgIpc) is 3.27. The van der Waals surface area contributed by atoms with E-state index in [1.807, 2.05) is 25.1 Å². The zero-order chi connectivity index (χ0) is 25.8. The van der Waals surface area contributed by atoms with Crippen molar-refractivity contribution in [2.45, 2.75) is 44.1 Å². The number of carbonyl (C=O) groups is 2. The molecule has 0 aromatic heterocycles. The van der Waals surface area contributed by atoms with Crippen molar-refractivity contribution >= 4 is 35.0 Å². The van der Waals surface area contributed by atoms with Crippen molar-refractivity contribution in [3.05, 3.63) is 87.4 Å². The Labute approximate surface area is 220 Å². The van der Waals surface area contributed by atoms with Crippen LogP contribution in [0.3, 0.4) is 0 Å². The Balaban J connectivity index is 1.77. The number of ether oxygens (including phenoxy) is 1. The number of hydrogen-bond donors (Lipinski definition) is 3. The number of para-hydroxylation sites is 1. The fourth-order valence-electron chi connectivity index (χ4n) is 4.67. The van der Waals surface area contributed by atoms with Gasteiger partial charge in [-0.05, 0) is 42.3 Å². The number of hydrogen-bond acceptors (Lipinski definition) is 5. The lowest BCUT2D eigenvalue weighted by molar-refractivity contribution is -0.133. The quantitative estimate of drug-likeness (QED) is 0.452. The van der Waals surface area contributed by atoms with E-state index in [4.69, 9.17) is 27.9 Å². The van der Waals surface area contributed by atoms with Crippen molar-refractivity contribution in [3.63, 3.8) is 0 Å². The second kappa shape index (κ2) is 11.5. The Kier molecular flexibility index (Phi) is 8.36. The van der Waals surface area contributed by atoms with E-state index in [9.17, 15) is 19.8 Å². The third-order valence-corrected chi connectivity index (χ3v) is 7.09.